The zero-order chi connectivity index (χ0) is 18.5. The Labute approximate surface area is 153 Å². The lowest BCUT2D eigenvalue weighted by molar-refractivity contribution is -0.116. The molecular formula is C22H32O2Si. The van der Waals surface area contributed by atoms with Crippen molar-refractivity contribution in [3.05, 3.63) is 41.5 Å². The maximum atomic E-state index is 11.9. The first-order chi connectivity index (χ1) is 11.6. The molecule has 0 bridgehead atoms. The Morgan fingerprint density at radius 1 is 1.28 bits per heavy atom. The number of fused-ring (bicyclic) bond motifs is 3. The third-order valence-corrected chi connectivity index (χ3v) is 11.2. The maximum absolute atomic E-state index is 11.9. The molecule has 3 rings (SSSR count). The van der Waals surface area contributed by atoms with Gasteiger partial charge in [0.25, 0.3) is 0 Å². The largest absolute Gasteiger partial charge is 0.543 e. The molecule has 2 atom stereocenters. The minimum Gasteiger partial charge on any atom is -0.543 e. The Morgan fingerprint density at radius 2 is 2.00 bits per heavy atom. The molecule has 3 heteroatoms. The highest BCUT2D eigenvalue weighted by molar-refractivity contribution is 6.74. The molecule has 1 aromatic rings. The summed E-state index contributed by atoms with van der Waals surface area (Å²) in [5.74, 6) is 1.76. The van der Waals surface area contributed by atoms with Crippen LogP contribution < -0.4 is 4.43 Å². The molecule has 2 aliphatic carbocycles. The van der Waals surface area contributed by atoms with E-state index in [2.05, 4.69) is 65.1 Å². The van der Waals surface area contributed by atoms with E-state index in [9.17, 15) is 4.79 Å². The van der Waals surface area contributed by atoms with Gasteiger partial charge in [0, 0.05) is 11.8 Å². The third kappa shape index (κ3) is 3.12. The predicted molar refractivity (Wildman–Crippen MR) is 107 cm³/mol. The summed E-state index contributed by atoms with van der Waals surface area (Å²) >= 11 is 0. The second kappa shape index (κ2) is 6.12. The van der Waals surface area contributed by atoms with Gasteiger partial charge in [-0.3, -0.25) is 4.79 Å². The lowest BCUT2D eigenvalue weighted by Gasteiger charge is -2.45. The summed E-state index contributed by atoms with van der Waals surface area (Å²) in [5, 5.41) is 0.200. The van der Waals surface area contributed by atoms with Crippen LogP contribution in [0.15, 0.2) is 30.4 Å². The number of carbonyl (C=O) groups excluding carboxylic acids is 1. The molecule has 2 aliphatic rings. The Hall–Kier alpha value is -1.35. The first-order valence-corrected chi connectivity index (χ1v) is 12.5. The topological polar surface area (TPSA) is 26.3 Å². The second-order valence-electron chi connectivity index (χ2n) is 9.31. The fourth-order valence-electron chi connectivity index (χ4n) is 4.21. The summed E-state index contributed by atoms with van der Waals surface area (Å²) in [6.45, 7) is 13.7. The average molecular weight is 357 g/mol. The summed E-state index contributed by atoms with van der Waals surface area (Å²) in [6.07, 6.45) is 7.91. The van der Waals surface area contributed by atoms with Crippen LogP contribution in [0.5, 0.6) is 5.75 Å². The van der Waals surface area contributed by atoms with Crippen molar-refractivity contribution in [2.24, 2.45) is 5.92 Å². The first kappa shape index (κ1) is 18.4. The SMILES string of the molecule is CCC12C=CC(=O)CC1CCc1cc(O[Si](C)(C)C(C)(C)C)ccc12. The summed E-state index contributed by atoms with van der Waals surface area (Å²) in [7, 11) is -1.82. The van der Waals surface area contributed by atoms with Gasteiger partial charge in [0.2, 0.25) is 8.32 Å². The number of benzene rings is 1. The van der Waals surface area contributed by atoms with Crippen LogP contribution in [0.25, 0.3) is 0 Å². The van der Waals surface area contributed by atoms with E-state index in [0.717, 1.165) is 25.0 Å². The van der Waals surface area contributed by atoms with E-state index in [-0.39, 0.29) is 16.2 Å². The number of rotatable bonds is 3. The van der Waals surface area contributed by atoms with Gasteiger partial charge < -0.3 is 4.43 Å². The average Bonchev–Trinajstić information content (AvgIpc) is 2.53. The van der Waals surface area contributed by atoms with Crippen LogP contribution in [0.2, 0.25) is 18.1 Å². The Morgan fingerprint density at radius 3 is 2.64 bits per heavy atom. The monoisotopic (exact) mass is 356 g/mol. The zero-order valence-electron chi connectivity index (χ0n) is 16.6. The molecule has 0 aliphatic heterocycles. The lowest BCUT2D eigenvalue weighted by Crippen LogP contribution is -2.44. The molecule has 0 spiro atoms. The molecule has 0 saturated carbocycles. The molecule has 0 aromatic heterocycles. The zero-order valence-corrected chi connectivity index (χ0v) is 17.6. The third-order valence-electron chi connectivity index (χ3n) is 6.85. The molecule has 25 heavy (non-hydrogen) atoms. The van der Waals surface area contributed by atoms with Gasteiger partial charge in [-0.05, 0) is 72.6 Å². The van der Waals surface area contributed by atoms with Gasteiger partial charge in [-0.15, -0.1) is 0 Å². The van der Waals surface area contributed by atoms with E-state index in [1.54, 1.807) is 0 Å². The number of hydrogen-bond donors (Lipinski definition) is 0. The Bertz CT molecular complexity index is 711. The smallest absolute Gasteiger partial charge is 0.250 e. The van der Waals surface area contributed by atoms with Gasteiger partial charge in [-0.25, -0.2) is 0 Å². The fraction of sp³-hybridized carbons (Fsp3) is 0.591. The Kier molecular flexibility index (Phi) is 4.51. The number of allylic oxidation sites excluding steroid dienone is 2. The van der Waals surface area contributed by atoms with E-state index in [1.807, 2.05) is 6.08 Å². The van der Waals surface area contributed by atoms with E-state index in [0.29, 0.717) is 12.3 Å². The predicted octanol–water partition coefficient (Wildman–Crippen LogP) is 5.81. The lowest BCUT2D eigenvalue weighted by atomic mass is 9.58. The van der Waals surface area contributed by atoms with Crippen LogP contribution in [0.4, 0.5) is 0 Å². The van der Waals surface area contributed by atoms with Gasteiger partial charge in [0.15, 0.2) is 5.78 Å². The van der Waals surface area contributed by atoms with Gasteiger partial charge in [-0.2, -0.15) is 0 Å². The number of ketones is 1. The quantitative estimate of drug-likeness (QED) is 0.639. The highest BCUT2D eigenvalue weighted by Crippen LogP contribution is 2.49. The fourth-order valence-corrected chi connectivity index (χ4v) is 5.23. The highest BCUT2D eigenvalue weighted by Gasteiger charge is 2.44. The van der Waals surface area contributed by atoms with Gasteiger partial charge in [-0.1, -0.05) is 39.8 Å². The van der Waals surface area contributed by atoms with E-state index >= 15 is 0 Å². The second-order valence-corrected chi connectivity index (χ2v) is 14.0. The Balaban J connectivity index is 1.97. The minimum atomic E-state index is -1.82. The van der Waals surface area contributed by atoms with Crippen molar-refractivity contribution >= 4 is 14.1 Å². The summed E-state index contributed by atoms with van der Waals surface area (Å²) in [4.78, 5) is 11.9. The molecule has 1 aromatic carbocycles. The standard InChI is InChI=1S/C22H32O2Si/c1-7-22-13-12-18(23)15-17(22)9-8-16-14-19(10-11-20(16)22)24-25(5,6)21(2,3)4/h10-14,17H,7-9,15H2,1-6H3. The molecular weight excluding hydrogens is 324 g/mol. The van der Waals surface area contributed by atoms with Crippen LogP contribution in [-0.4, -0.2) is 14.1 Å². The molecule has 0 saturated heterocycles. The molecule has 0 heterocycles. The van der Waals surface area contributed by atoms with Crippen molar-refractivity contribution in [3.8, 4) is 5.75 Å². The number of carbonyl (C=O) groups is 1. The van der Waals surface area contributed by atoms with Crippen LogP contribution in [0.3, 0.4) is 0 Å². The van der Waals surface area contributed by atoms with Crippen molar-refractivity contribution in [1.82, 2.24) is 0 Å². The van der Waals surface area contributed by atoms with Crippen molar-refractivity contribution in [2.45, 2.75) is 76.9 Å². The van der Waals surface area contributed by atoms with Gasteiger partial charge in [0.05, 0.1) is 0 Å². The highest BCUT2D eigenvalue weighted by atomic mass is 28.4. The van der Waals surface area contributed by atoms with Crippen molar-refractivity contribution < 1.29 is 9.22 Å². The van der Waals surface area contributed by atoms with Crippen molar-refractivity contribution in [2.75, 3.05) is 0 Å². The van der Waals surface area contributed by atoms with E-state index < -0.39 is 8.32 Å². The van der Waals surface area contributed by atoms with Crippen LogP contribution in [0.1, 0.15) is 58.1 Å². The molecule has 136 valence electrons. The van der Waals surface area contributed by atoms with Crippen LogP contribution in [0, 0.1) is 5.92 Å². The molecule has 2 nitrogen and oxygen atoms in total. The summed E-state index contributed by atoms with van der Waals surface area (Å²) in [6, 6.07) is 6.70. The molecule has 2 unspecified atom stereocenters. The number of hydrogen-bond acceptors (Lipinski definition) is 2. The molecule has 0 fully saturated rings. The van der Waals surface area contributed by atoms with Gasteiger partial charge >= 0.3 is 0 Å². The molecule has 0 radical (unpaired) electrons. The summed E-state index contributed by atoms with van der Waals surface area (Å²) < 4.78 is 6.52. The van der Waals surface area contributed by atoms with Crippen LogP contribution in [-0.2, 0) is 16.6 Å². The van der Waals surface area contributed by atoms with Gasteiger partial charge in [0.1, 0.15) is 5.75 Å². The molecule has 0 amide bonds. The van der Waals surface area contributed by atoms with Crippen molar-refractivity contribution in [1.29, 1.82) is 0 Å². The summed E-state index contributed by atoms with van der Waals surface area (Å²) in [5.41, 5.74) is 2.86. The first-order valence-electron chi connectivity index (χ1n) is 9.63. The maximum Gasteiger partial charge on any atom is 0.250 e. The van der Waals surface area contributed by atoms with E-state index in [1.165, 1.54) is 11.1 Å². The van der Waals surface area contributed by atoms with Crippen LogP contribution >= 0.6 is 0 Å². The van der Waals surface area contributed by atoms with Crippen molar-refractivity contribution in [3.63, 3.8) is 0 Å². The number of aryl methyl sites for hydroxylation is 1. The minimum absolute atomic E-state index is 0.0387. The molecule has 0 N–H and O–H groups in total. The van der Waals surface area contributed by atoms with E-state index in [4.69, 9.17) is 4.43 Å². The normalized spacial score (nSPS) is 26.2.